The van der Waals surface area contributed by atoms with E-state index in [-0.39, 0.29) is 36.2 Å². The molecular weight excluding hydrogens is 464 g/mol. The highest BCUT2D eigenvalue weighted by molar-refractivity contribution is 8.02. The van der Waals surface area contributed by atoms with Crippen LogP contribution in [0.15, 0.2) is 55.6 Å². The molecule has 3 heterocycles. The molecule has 2 amide bonds. The van der Waals surface area contributed by atoms with Crippen LogP contribution in [0.1, 0.15) is 31.7 Å². The highest BCUT2D eigenvalue weighted by Gasteiger charge is 2.74. The summed E-state index contributed by atoms with van der Waals surface area (Å²) in [5.41, 5.74) is 0.981. The molecule has 3 fully saturated rings. The molecular formula is C27H34N2O5S. The molecule has 2 bridgehead atoms. The predicted octanol–water partition coefficient (Wildman–Crippen LogP) is 2.79. The smallest absolute Gasteiger partial charge is 0.310 e. The Kier molecular flexibility index (Phi) is 7.71. The number of rotatable bonds is 11. The van der Waals surface area contributed by atoms with Crippen LogP contribution in [0, 0.1) is 11.8 Å². The third-order valence-electron chi connectivity index (χ3n) is 7.43. The molecule has 188 valence electrons. The van der Waals surface area contributed by atoms with Crippen LogP contribution < -0.4 is 0 Å². The fraction of sp³-hybridized carbons (Fsp3) is 0.519. The maximum Gasteiger partial charge on any atom is 0.310 e. The maximum absolute atomic E-state index is 14.2. The number of esters is 1. The van der Waals surface area contributed by atoms with Crippen LogP contribution in [-0.4, -0.2) is 74.5 Å². The van der Waals surface area contributed by atoms with Crippen molar-refractivity contribution in [2.24, 2.45) is 11.8 Å². The van der Waals surface area contributed by atoms with Gasteiger partial charge in [0.05, 0.1) is 35.8 Å². The molecule has 0 radical (unpaired) electrons. The third kappa shape index (κ3) is 4.42. The Labute approximate surface area is 211 Å². The van der Waals surface area contributed by atoms with Gasteiger partial charge in [-0.05, 0) is 31.7 Å². The number of carbonyl (C=O) groups is 3. The van der Waals surface area contributed by atoms with Gasteiger partial charge in [0.25, 0.3) is 0 Å². The van der Waals surface area contributed by atoms with Crippen LogP contribution in [0.3, 0.4) is 0 Å². The molecule has 1 aromatic carbocycles. The van der Waals surface area contributed by atoms with E-state index in [1.165, 1.54) is 0 Å². The molecule has 4 rings (SSSR count). The van der Waals surface area contributed by atoms with Gasteiger partial charge in [-0.3, -0.25) is 14.4 Å². The lowest BCUT2D eigenvalue weighted by Crippen LogP contribution is -2.56. The Morgan fingerprint density at radius 1 is 1.31 bits per heavy atom. The van der Waals surface area contributed by atoms with Crippen molar-refractivity contribution in [1.82, 2.24) is 9.80 Å². The number of hydrogen-bond acceptors (Lipinski definition) is 6. The van der Waals surface area contributed by atoms with Gasteiger partial charge in [0.1, 0.15) is 6.04 Å². The lowest BCUT2D eigenvalue weighted by molar-refractivity contribution is -0.154. The number of nitrogens with zero attached hydrogens (tertiary/aromatic N) is 2. The van der Waals surface area contributed by atoms with Gasteiger partial charge < -0.3 is 19.6 Å². The molecule has 3 aliphatic rings. The molecule has 0 aliphatic carbocycles. The first kappa shape index (κ1) is 25.5. The van der Waals surface area contributed by atoms with Gasteiger partial charge in [-0.15, -0.1) is 24.9 Å². The second-order valence-corrected chi connectivity index (χ2v) is 11.2. The zero-order valence-electron chi connectivity index (χ0n) is 20.2. The van der Waals surface area contributed by atoms with Crippen molar-refractivity contribution >= 4 is 29.5 Å². The Morgan fingerprint density at radius 2 is 2.06 bits per heavy atom. The Morgan fingerprint density at radius 3 is 2.71 bits per heavy atom. The van der Waals surface area contributed by atoms with E-state index in [1.54, 1.807) is 40.6 Å². The fourth-order valence-corrected chi connectivity index (χ4v) is 8.09. The highest BCUT2D eigenvalue weighted by Crippen LogP contribution is 2.66. The fourth-order valence-electron chi connectivity index (χ4n) is 5.90. The molecule has 3 saturated heterocycles. The van der Waals surface area contributed by atoms with E-state index in [0.29, 0.717) is 25.9 Å². The van der Waals surface area contributed by atoms with E-state index in [9.17, 15) is 19.5 Å². The van der Waals surface area contributed by atoms with Crippen molar-refractivity contribution in [1.29, 1.82) is 0 Å². The Hall–Kier alpha value is -2.58. The normalized spacial score (nSPS) is 29.5. The molecule has 35 heavy (non-hydrogen) atoms. The summed E-state index contributed by atoms with van der Waals surface area (Å²) in [6.07, 6.45) is 5.34. The second kappa shape index (κ2) is 10.6. The molecule has 7 nitrogen and oxygen atoms in total. The number of hydrogen-bond donors (Lipinski definition) is 1. The van der Waals surface area contributed by atoms with Gasteiger partial charge in [0.15, 0.2) is 0 Å². The van der Waals surface area contributed by atoms with Gasteiger partial charge >= 0.3 is 5.97 Å². The molecule has 0 saturated carbocycles. The predicted molar refractivity (Wildman–Crippen MR) is 135 cm³/mol. The SMILES string of the molecule is C=CCCOC(=O)[C@@H]1[C@@H]2CCC3(S2)C(C(=O)N(CC=C)Cc2ccccc2)N([C@H](C)CO)C(=O)[C@H]13. The van der Waals surface area contributed by atoms with Gasteiger partial charge in [0, 0.05) is 18.3 Å². The van der Waals surface area contributed by atoms with E-state index in [2.05, 4.69) is 13.2 Å². The van der Waals surface area contributed by atoms with Crippen LogP contribution in [0.25, 0.3) is 0 Å². The van der Waals surface area contributed by atoms with Crippen LogP contribution in [0.2, 0.25) is 0 Å². The topological polar surface area (TPSA) is 87.2 Å². The van der Waals surface area contributed by atoms with E-state index in [0.717, 1.165) is 12.0 Å². The molecule has 1 N–H and O–H groups in total. The number of carbonyl (C=O) groups excluding carboxylic acids is 3. The first-order valence-electron chi connectivity index (χ1n) is 12.2. The lowest BCUT2D eigenvalue weighted by Gasteiger charge is -2.38. The van der Waals surface area contributed by atoms with Crippen molar-refractivity contribution in [3.63, 3.8) is 0 Å². The van der Waals surface area contributed by atoms with Crippen molar-refractivity contribution in [2.75, 3.05) is 19.8 Å². The first-order valence-corrected chi connectivity index (χ1v) is 13.1. The van der Waals surface area contributed by atoms with E-state index < -0.39 is 28.7 Å². The first-order chi connectivity index (χ1) is 16.9. The number of likely N-dealkylation sites (tertiary alicyclic amines) is 1. The standard InChI is InChI=1S/C27H34N2O5S/c1-4-6-15-34-26(33)21-20-12-13-27(35-20)22(21)24(31)29(18(3)17-30)23(27)25(32)28(14-5-2)16-19-10-8-7-9-11-19/h4-5,7-11,18,20-23,30H,1-2,6,12-17H2,3H3/t18-,20+,21-,22+,23?,27?/m1/s1. The summed E-state index contributed by atoms with van der Waals surface area (Å²) in [7, 11) is 0. The molecule has 8 heteroatoms. The summed E-state index contributed by atoms with van der Waals surface area (Å²) >= 11 is 1.60. The van der Waals surface area contributed by atoms with Crippen molar-refractivity contribution in [2.45, 2.75) is 54.8 Å². The van der Waals surface area contributed by atoms with Crippen molar-refractivity contribution in [3.8, 4) is 0 Å². The summed E-state index contributed by atoms with van der Waals surface area (Å²) in [6, 6.07) is 8.40. The average molecular weight is 499 g/mol. The summed E-state index contributed by atoms with van der Waals surface area (Å²) in [5, 5.41) is 9.94. The molecule has 1 spiro atoms. The maximum atomic E-state index is 14.2. The number of aliphatic hydroxyl groups is 1. The monoisotopic (exact) mass is 498 g/mol. The zero-order valence-corrected chi connectivity index (χ0v) is 21.0. The van der Waals surface area contributed by atoms with Crippen LogP contribution in [0.4, 0.5) is 0 Å². The Balaban J connectivity index is 1.69. The number of benzene rings is 1. The number of fused-ring (bicyclic) bond motifs is 1. The third-order valence-corrected chi connectivity index (χ3v) is 9.38. The van der Waals surface area contributed by atoms with Crippen molar-refractivity contribution < 1.29 is 24.2 Å². The minimum Gasteiger partial charge on any atom is -0.465 e. The minimum atomic E-state index is -0.758. The number of ether oxygens (including phenoxy) is 1. The van der Waals surface area contributed by atoms with E-state index in [4.69, 9.17) is 4.74 Å². The minimum absolute atomic E-state index is 0.0518. The highest BCUT2D eigenvalue weighted by atomic mass is 32.2. The molecule has 3 aliphatic heterocycles. The number of aliphatic hydroxyl groups excluding tert-OH is 1. The van der Waals surface area contributed by atoms with Gasteiger partial charge in [-0.1, -0.05) is 42.5 Å². The lowest BCUT2D eigenvalue weighted by atomic mass is 9.71. The molecule has 1 aromatic rings. The average Bonchev–Trinajstić information content (AvgIpc) is 3.51. The molecule has 6 atom stereocenters. The second-order valence-electron chi connectivity index (χ2n) is 9.57. The van der Waals surface area contributed by atoms with Crippen molar-refractivity contribution in [3.05, 3.63) is 61.2 Å². The summed E-state index contributed by atoms with van der Waals surface area (Å²) in [5.74, 6) is -1.99. The number of thioether (sulfide) groups is 1. The van der Waals surface area contributed by atoms with Gasteiger partial charge in [-0.2, -0.15) is 0 Å². The largest absolute Gasteiger partial charge is 0.465 e. The van der Waals surface area contributed by atoms with E-state index in [1.807, 2.05) is 30.3 Å². The Bertz CT molecular complexity index is 985. The summed E-state index contributed by atoms with van der Waals surface area (Å²) < 4.78 is 4.79. The molecule has 2 unspecified atom stereocenters. The summed E-state index contributed by atoms with van der Waals surface area (Å²) in [4.78, 5) is 44.4. The van der Waals surface area contributed by atoms with E-state index >= 15 is 0 Å². The van der Waals surface area contributed by atoms with Crippen LogP contribution in [-0.2, 0) is 25.7 Å². The van der Waals surface area contributed by atoms with Crippen LogP contribution in [0.5, 0.6) is 0 Å². The summed E-state index contributed by atoms with van der Waals surface area (Å²) in [6.45, 7) is 9.93. The number of amides is 2. The van der Waals surface area contributed by atoms with Gasteiger partial charge in [0.2, 0.25) is 11.8 Å². The molecule has 0 aromatic heterocycles. The zero-order chi connectivity index (χ0) is 25.2. The van der Waals surface area contributed by atoms with Crippen LogP contribution >= 0.6 is 11.8 Å². The quantitative estimate of drug-likeness (QED) is 0.287. The van der Waals surface area contributed by atoms with Gasteiger partial charge in [-0.25, -0.2) is 0 Å².